The van der Waals surface area contributed by atoms with E-state index in [4.69, 9.17) is 0 Å². The molecule has 0 bridgehead atoms. The summed E-state index contributed by atoms with van der Waals surface area (Å²) in [6, 6.07) is 0. The van der Waals surface area contributed by atoms with E-state index in [0.717, 1.165) is 24.6 Å². The van der Waals surface area contributed by atoms with Crippen molar-refractivity contribution < 1.29 is 0 Å². The SMILES string of the molecule is CC(C)CCCCc1nn[nH]n1. The molecule has 0 amide bonds. The molecule has 1 N–H and O–H groups in total. The maximum absolute atomic E-state index is 3.89. The molecular weight excluding hydrogens is 152 g/mol. The average Bonchev–Trinajstić information content (AvgIpc) is 2.49. The predicted octanol–water partition coefficient (Wildman–Crippen LogP) is 1.57. The minimum atomic E-state index is 0.801. The number of nitrogens with zero attached hydrogens (tertiary/aromatic N) is 3. The smallest absolute Gasteiger partial charge is 0.174 e. The molecule has 1 aromatic heterocycles. The van der Waals surface area contributed by atoms with E-state index in [1.54, 1.807) is 0 Å². The van der Waals surface area contributed by atoms with Crippen LogP contribution in [0.15, 0.2) is 0 Å². The number of hydrogen-bond donors (Lipinski definition) is 1. The molecule has 0 aromatic carbocycles. The molecule has 1 aromatic rings. The Hall–Kier alpha value is -0.930. The van der Waals surface area contributed by atoms with Crippen LogP contribution in [0, 0.1) is 5.92 Å². The standard InChI is InChI=1S/C8H16N4/c1-7(2)5-3-4-6-8-9-11-12-10-8/h7H,3-6H2,1-2H3,(H,9,10,11,12). The monoisotopic (exact) mass is 168 g/mol. The topological polar surface area (TPSA) is 54.5 Å². The predicted molar refractivity (Wildman–Crippen MR) is 46.6 cm³/mol. The third-order valence-corrected chi connectivity index (χ3v) is 1.82. The fourth-order valence-electron chi connectivity index (χ4n) is 1.12. The van der Waals surface area contributed by atoms with Crippen LogP contribution in [0.1, 0.15) is 38.9 Å². The molecule has 4 heteroatoms. The molecule has 4 nitrogen and oxygen atoms in total. The van der Waals surface area contributed by atoms with Gasteiger partial charge in [0.25, 0.3) is 0 Å². The molecule has 12 heavy (non-hydrogen) atoms. The van der Waals surface area contributed by atoms with E-state index in [1.165, 1.54) is 12.8 Å². The highest BCUT2D eigenvalue weighted by molar-refractivity contribution is 4.75. The molecule has 0 unspecified atom stereocenters. The van der Waals surface area contributed by atoms with Crippen LogP contribution in [-0.4, -0.2) is 20.6 Å². The van der Waals surface area contributed by atoms with Gasteiger partial charge in [0.1, 0.15) is 0 Å². The summed E-state index contributed by atoms with van der Waals surface area (Å²) >= 11 is 0. The van der Waals surface area contributed by atoms with Crippen LogP contribution in [0.5, 0.6) is 0 Å². The zero-order chi connectivity index (χ0) is 8.81. The van der Waals surface area contributed by atoms with Crippen molar-refractivity contribution in [3.8, 4) is 0 Å². The van der Waals surface area contributed by atoms with Gasteiger partial charge in [-0.05, 0) is 12.3 Å². The van der Waals surface area contributed by atoms with Gasteiger partial charge in [0.15, 0.2) is 5.82 Å². The maximum Gasteiger partial charge on any atom is 0.174 e. The Labute approximate surface area is 72.8 Å². The normalized spacial score (nSPS) is 10.9. The van der Waals surface area contributed by atoms with Crippen molar-refractivity contribution in [2.75, 3.05) is 0 Å². The van der Waals surface area contributed by atoms with Crippen molar-refractivity contribution in [2.24, 2.45) is 5.92 Å². The van der Waals surface area contributed by atoms with Crippen LogP contribution >= 0.6 is 0 Å². The Kier molecular flexibility index (Phi) is 3.70. The molecule has 0 fully saturated rings. The second kappa shape index (κ2) is 4.85. The fourth-order valence-corrected chi connectivity index (χ4v) is 1.12. The molecule has 0 saturated heterocycles. The van der Waals surface area contributed by atoms with Crippen molar-refractivity contribution in [1.29, 1.82) is 0 Å². The summed E-state index contributed by atoms with van der Waals surface area (Å²) in [7, 11) is 0. The Bertz CT molecular complexity index is 193. The largest absolute Gasteiger partial charge is 0.177 e. The van der Waals surface area contributed by atoms with E-state index in [0.29, 0.717) is 0 Å². The fraction of sp³-hybridized carbons (Fsp3) is 0.875. The quantitative estimate of drug-likeness (QED) is 0.679. The lowest BCUT2D eigenvalue weighted by molar-refractivity contribution is 0.534. The van der Waals surface area contributed by atoms with Gasteiger partial charge in [0, 0.05) is 6.42 Å². The van der Waals surface area contributed by atoms with Gasteiger partial charge in [-0.3, -0.25) is 0 Å². The number of aromatic amines is 1. The lowest BCUT2D eigenvalue weighted by Gasteiger charge is -2.01. The second-order valence-corrected chi connectivity index (χ2v) is 3.47. The van der Waals surface area contributed by atoms with Crippen molar-refractivity contribution in [3.63, 3.8) is 0 Å². The van der Waals surface area contributed by atoms with Gasteiger partial charge in [-0.15, -0.1) is 10.2 Å². The molecule has 0 aliphatic carbocycles. The van der Waals surface area contributed by atoms with Crippen LogP contribution in [-0.2, 0) is 6.42 Å². The van der Waals surface area contributed by atoms with Crippen molar-refractivity contribution in [3.05, 3.63) is 5.82 Å². The Balaban J connectivity index is 2.04. The number of aromatic nitrogens is 4. The summed E-state index contributed by atoms with van der Waals surface area (Å²) in [5.41, 5.74) is 0. The maximum atomic E-state index is 3.89. The highest BCUT2D eigenvalue weighted by Gasteiger charge is 1.98. The molecule has 0 aliphatic rings. The van der Waals surface area contributed by atoms with Gasteiger partial charge in [0.05, 0.1) is 0 Å². The van der Waals surface area contributed by atoms with Crippen LogP contribution in [0.25, 0.3) is 0 Å². The first-order valence-electron chi connectivity index (χ1n) is 4.51. The summed E-state index contributed by atoms with van der Waals surface area (Å²) in [6.07, 6.45) is 4.66. The Morgan fingerprint density at radius 3 is 2.75 bits per heavy atom. The minimum Gasteiger partial charge on any atom is -0.177 e. The van der Waals surface area contributed by atoms with E-state index in [9.17, 15) is 0 Å². The number of rotatable bonds is 5. The van der Waals surface area contributed by atoms with Gasteiger partial charge in [-0.2, -0.15) is 5.21 Å². The number of tetrazole rings is 1. The lowest BCUT2D eigenvalue weighted by atomic mass is 10.1. The van der Waals surface area contributed by atoms with Crippen LogP contribution in [0.3, 0.4) is 0 Å². The highest BCUT2D eigenvalue weighted by atomic mass is 15.5. The van der Waals surface area contributed by atoms with Gasteiger partial charge >= 0.3 is 0 Å². The van der Waals surface area contributed by atoms with Gasteiger partial charge in [-0.1, -0.05) is 31.9 Å². The van der Waals surface area contributed by atoms with E-state index in [-0.39, 0.29) is 0 Å². The third kappa shape index (κ3) is 3.46. The number of nitrogens with one attached hydrogen (secondary N) is 1. The molecule has 1 heterocycles. The van der Waals surface area contributed by atoms with E-state index < -0.39 is 0 Å². The summed E-state index contributed by atoms with van der Waals surface area (Å²) in [5, 5.41) is 13.7. The number of aryl methyl sites for hydroxylation is 1. The van der Waals surface area contributed by atoms with Crippen molar-refractivity contribution >= 4 is 0 Å². The van der Waals surface area contributed by atoms with Crippen LogP contribution in [0.4, 0.5) is 0 Å². The zero-order valence-electron chi connectivity index (χ0n) is 7.75. The minimum absolute atomic E-state index is 0.801. The first-order valence-corrected chi connectivity index (χ1v) is 4.51. The molecule has 0 radical (unpaired) electrons. The summed E-state index contributed by atoms with van der Waals surface area (Å²) in [4.78, 5) is 0. The molecular formula is C8H16N4. The highest BCUT2D eigenvalue weighted by Crippen LogP contribution is 2.07. The summed E-state index contributed by atoms with van der Waals surface area (Å²) in [6.45, 7) is 4.49. The summed E-state index contributed by atoms with van der Waals surface area (Å²) in [5.74, 6) is 1.63. The van der Waals surface area contributed by atoms with Crippen molar-refractivity contribution in [1.82, 2.24) is 20.6 Å². The van der Waals surface area contributed by atoms with Crippen LogP contribution in [0.2, 0.25) is 0 Å². The summed E-state index contributed by atoms with van der Waals surface area (Å²) < 4.78 is 0. The molecule has 0 aliphatic heterocycles. The Morgan fingerprint density at radius 2 is 2.17 bits per heavy atom. The van der Waals surface area contributed by atoms with Gasteiger partial charge < -0.3 is 0 Å². The van der Waals surface area contributed by atoms with Gasteiger partial charge in [-0.25, -0.2) is 0 Å². The van der Waals surface area contributed by atoms with Crippen molar-refractivity contribution in [2.45, 2.75) is 39.5 Å². The van der Waals surface area contributed by atoms with Crippen LogP contribution < -0.4 is 0 Å². The van der Waals surface area contributed by atoms with E-state index in [1.807, 2.05) is 0 Å². The molecule has 68 valence electrons. The average molecular weight is 168 g/mol. The van der Waals surface area contributed by atoms with Gasteiger partial charge in [0.2, 0.25) is 0 Å². The third-order valence-electron chi connectivity index (χ3n) is 1.82. The van der Waals surface area contributed by atoms with E-state index >= 15 is 0 Å². The number of unbranched alkanes of at least 4 members (excludes halogenated alkanes) is 1. The molecule has 1 rings (SSSR count). The zero-order valence-corrected chi connectivity index (χ0v) is 7.75. The lowest BCUT2D eigenvalue weighted by Crippen LogP contribution is -1.91. The second-order valence-electron chi connectivity index (χ2n) is 3.47. The van der Waals surface area contributed by atoms with E-state index in [2.05, 4.69) is 34.5 Å². The molecule has 0 saturated carbocycles. The first-order chi connectivity index (χ1) is 5.79. The first kappa shape index (κ1) is 9.16. The number of hydrogen-bond acceptors (Lipinski definition) is 3. The molecule has 0 atom stereocenters. The number of H-pyrrole nitrogens is 1. The Morgan fingerprint density at radius 1 is 1.33 bits per heavy atom. The molecule has 0 spiro atoms.